The molecule has 0 amide bonds. The van der Waals surface area contributed by atoms with Gasteiger partial charge in [-0.25, -0.2) is 0 Å². The molecule has 1 unspecified atom stereocenters. The van der Waals surface area contributed by atoms with E-state index in [1.807, 2.05) is 25.1 Å². The topological polar surface area (TPSA) is 68.7 Å². The van der Waals surface area contributed by atoms with Gasteiger partial charge in [0.1, 0.15) is 11.8 Å². The van der Waals surface area contributed by atoms with Crippen LogP contribution in [0.2, 0.25) is 0 Å². The third kappa shape index (κ3) is 2.99. The largest absolute Gasteiger partial charge is 0.468 e. The molecule has 0 fully saturated rings. The van der Waals surface area contributed by atoms with E-state index in [-0.39, 0.29) is 0 Å². The van der Waals surface area contributed by atoms with Gasteiger partial charge in [0.05, 0.1) is 7.11 Å². The minimum Gasteiger partial charge on any atom is -0.468 e. The van der Waals surface area contributed by atoms with Crippen molar-refractivity contribution >= 4 is 11.9 Å². The highest BCUT2D eigenvalue weighted by molar-refractivity contribution is 5.75. The van der Waals surface area contributed by atoms with Crippen molar-refractivity contribution in [1.29, 1.82) is 0 Å². The molecule has 0 aliphatic rings. The van der Waals surface area contributed by atoms with Gasteiger partial charge in [-0.3, -0.25) is 4.79 Å². The van der Waals surface area contributed by atoms with Gasteiger partial charge in [0.15, 0.2) is 5.88 Å². The number of methoxy groups -OCH3 is 1. The highest BCUT2D eigenvalue weighted by Crippen LogP contribution is 2.16. The summed E-state index contributed by atoms with van der Waals surface area (Å²) in [6, 6.07) is 2.97. The SMILES string of the molecule is COC(=O)C(N)Cc1ccc(N(C)C)o1. The maximum absolute atomic E-state index is 11.1. The summed E-state index contributed by atoms with van der Waals surface area (Å²) in [5, 5.41) is 0. The highest BCUT2D eigenvalue weighted by Gasteiger charge is 2.16. The van der Waals surface area contributed by atoms with E-state index in [9.17, 15) is 4.79 Å². The number of carbonyl (C=O) groups is 1. The standard InChI is InChI=1S/C10H16N2O3/c1-12(2)9-5-4-7(15-9)6-8(11)10(13)14-3/h4-5,8H,6,11H2,1-3H3. The van der Waals surface area contributed by atoms with Crippen molar-refractivity contribution in [2.45, 2.75) is 12.5 Å². The molecule has 1 aromatic rings. The summed E-state index contributed by atoms with van der Waals surface area (Å²) >= 11 is 0. The van der Waals surface area contributed by atoms with Gasteiger partial charge in [0.25, 0.3) is 0 Å². The lowest BCUT2D eigenvalue weighted by Crippen LogP contribution is -2.33. The lowest BCUT2D eigenvalue weighted by Gasteiger charge is -2.08. The van der Waals surface area contributed by atoms with Gasteiger partial charge in [0, 0.05) is 26.6 Å². The quantitative estimate of drug-likeness (QED) is 0.731. The molecule has 1 atom stereocenters. The van der Waals surface area contributed by atoms with Crippen molar-refractivity contribution in [3.8, 4) is 0 Å². The van der Waals surface area contributed by atoms with E-state index in [4.69, 9.17) is 10.2 Å². The van der Waals surface area contributed by atoms with Crippen LogP contribution in [0.1, 0.15) is 5.76 Å². The van der Waals surface area contributed by atoms with Crippen LogP contribution in [0.5, 0.6) is 0 Å². The Balaban J connectivity index is 2.61. The summed E-state index contributed by atoms with van der Waals surface area (Å²) in [4.78, 5) is 12.9. The molecule has 0 aliphatic heterocycles. The number of nitrogens with two attached hydrogens (primary N) is 1. The number of carbonyl (C=O) groups excluding carboxylic acids is 1. The van der Waals surface area contributed by atoms with Crippen LogP contribution in [0.4, 0.5) is 5.88 Å². The Morgan fingerprint density at radius 3 is 2.73 bits per heavy atom. The van der Waals surface area contributed by atoms with Gasteiger partial charge >= 0.3 is 5.97 Å². The summed E-state index contributed by atoms with van der Waals surface area (Å²) in [6.07, 6.45) is 0.348. The molecule has 15 heavy (non-hydrogen) atoms. The Bertz CT molecular complexity index is 333. The van der Waals surface area contributed by atoms with Crippen molar-refractivity contribution in [1.82, 2.24) is 0 Å². The second kappa shape index (κ2) is 4.84. The predicted octanol–water partition coefficient (Wildman–Crippen LogP) is 0.388. The Morgan fingerprint density at radius 1 is 1.60 bits per heavy atom. The summed E-state index contributed by atoms with van der Waals surface area (Å²) in [6.45, 7) is 0. The minimum atomic E-state index is -0.670. The molecule has 0 saturated carbocycles. The first-order chi connectivity index (χ1) is 7.04. The third-order valence-electron chi connectivity index (χ3n) is 2.01. The number of ether oxygens (including phenoxy) is 1. The first-order valence-electron chi connectivity index (χ1n) is 4.64. The molecule has 0 aliphatic carbocycles. The summed E-state index contributed by atoms with van der Waals surface area (Å²) in [5.41, 5.74) is 5.60. The maximum atomic E-state index is 11.1. The number of furan rings is 1. The fourth-order valence-corrected chi connectivity index (χ4v) is 1.17. The first kappa shape index (κ1) is 11.6. The number of hydrogen-bond acceptors (Lipinski definition) is 5. The van der Waals surface area contributed by atoms with Crippen molar-refractivity contribution in [3.05, 3.63) is 17.9 Å². The average molecular weight is 212 g/mol. The van der Waals surface area contributed by atoms with E-state index in [1.165, 1.54) is 7.11 Å². The van der Waals surface area contributed by atoms with Crippen molar-refractivity contribution in [2.24, 2.45) is 5.73 Å². The van der Waals surface area contributed by atoms with Crippen LogP contribution in [0.3, 0.4) is 0 Å². The number of nitrogens with zero attached hydrogens (tertiary/aromatic N) is 1. The van der Waals surface area contributed by atoms with E-state index >= 15 is 0 Å². The molecule has 84 valence electrons. The van der Waals surface area contributed by atoms with Crippen molar-refractivity contribution < 1.29 is 13.9 Å². The van der Waals surface area contributed by atoms with E-state index < -0.39 is 12.0 Å². The zero-order valence-electron chi connectivity index (χ0n) is 9.19. The van der Waals surface area contributed by atoms with Crippen LogP contribution in [-0.4, -0.2) is 33.2 Å². The van der Waals surface area contributed by atoms with Gasteiger partial charge in [0.2, 0.25) is 0 Å². The van der Waals surface area contributed by atoms with Crippen molar-refractivity contribution in [2.75, 3.05) is 26.1 Å². The summed E-state index contributed by atoms with van der Waals surface area (Å²) < 4.78 is 9.97. The molecule has 1 aromatic heterocycles. The van der Waals surface area contributed by atoms with Crippen LogP contribution in [0.25, 0.3) is 0 Å². The van der Waals surface area contributed by atoms with Crippen LogP contribution in [0, 0.1) is 0 Å². The Morgan fingerprint density at radius 2 is 2.27 bits per heavy atom. The van der Waals surface area contributed by atoms with E-state index in [0.29, 0.717) is 12.2 Å². The normalized spacial score (nSPS) is 12.3. The van der Waals surface area contributed by atoms with E-state index in [0.717, 1.165) is 5.88 Å². The van der Waals surface area contributed by atoms with Crippen molar-refractivity contribution in [3.63, 3.8) is 0 Å². The smallest absolute Gasteiger partial charge is 0.323 e. The highest BCUT2D eigenvalue weighted by atomic mass is 16.5. The van der Waals surface area contributed by atoms with E-state index in [2.05, 4.69) is 4.74 Å². The lowest BCUT2D eigenvalue weighted by atomic mass is 10.2. The molecule has 5 nitrogen and oxygen atoms in total. The zero-order valence-corrected chi connectivity index (χ0v) is 9.19. The second-order valence-corrected chi connectivity index (χ2v) is 3.47. The van der Waals surface area contributed by atoms with E-state index in [1.54, 1.807) is 6.07 Å². The minimum absolute atomic E-state index is 0.348. The number of esters is 1. The van der Waals surface area contributed by atoms with Gasteiger partial charge < -0.3 is 19.8 Å². The number of hydrogen-bond donors (Lipinski definition) is 1. The molecule has 5 heteroatoms. The molecule has 0 spiro atoms. The molecule has 0 radical (unpaired) electrons. The monoisotopic (exact) mass is 212 g/mol. The Kier molecular flexibility index (Phi) is 3.74. The Hall–Kier alpha value is -1.49. The lowest BCUT2D eigenvalue weighted by molar-refractivity contribution is -0.142. The Labute approximate surface area is 88.8 Å². The van der Waals surface area contributed by atoms with Gasteiger partial charge in [-0.2, -0.15) is 0 Å². The molecule has 0 saturated heterocycles. The van der Waals surface area contributed by atoms with Gasteiger partial charge in [-0.15, -0.1) is 0 Å². The first-order valence-corrected chi connectivity index (χ1v) is 4.64. The maximum Gasteiger partial charge on any atom is 0.323 e. The molecule has 2 N–H and O–H groups in total. The van der Waals surface area contributed by atoms with Crippen LogP contribution < -0.4 is 10.6 Å². The summed E-state index contributed by atoms with van der Waals surface area (Å²) in [5.74, 6) is 0.983. The fourth-order valence-electron chi connectivity index (χ4n) is 1.17. The molecule has 0 aromatic carbocycles. The molecule has 0 bridgehead atoms. The molecular formula is C10H16N2O3. The fraction of sp³-hybridized carbons (Fsp3) is 0.500. The van der Waals surface area contributed by atoms with Crippen LogP contribution >= 0.6 is 0 Å². The molecule has 1 rings (SSSR count). The number of rotatable bonds is 4. The number of anilines is 1. The van der Waals surface area contributed by atoms with Crippen LogP contribution in [-0.2, 0) is 16.0 Å². The second-order valence-electron chi connectivity index (χ2n) is 3.47. The summed E-state index contributed by atoms with van der Waals surface area (Å²) in [7, 11) is 5.07. The third-order valence-corrected chi connectivity index (χ3v) is 2.01. The predicted molar refractivity (Wildman–Crippen MR) is 56.7 cm³/mol. The molecule has 1 heterocycles. The van der Waals surface area contributed by atoms with Gasteiger partial charge in [-0.1, -0.05) is 0 Å². The molecular weight excluding hydrogens is 196 g/mol. The van der Waals surface area contributed by atoms with Gasteiger partial charge in [-0.05, 0) is 6.07 Å². The average Bonchev–Trinajstić information content (AvgIpc) is 2.65. The zero-order chi connectivity index (χ0) is 11.4. The van der Waals surface area contributed by atoms with Crippen LogP contribution in [0.15, 0.2) is 16.5 Å².